The molecule has 0 saturated carbocycles. The van der Waals surface area contributed by atoms with Crippen LogP contribution in [0.1, 0.15) is 29.8 Å². The van der Waals surface area contributed by atoms with Gasteiger partial charge in [-0.1, -0.05) is 23.7 Å². The zero-order valence-electron chi connectivity index (χ0n) is 13.9. The maximum atomic E-state index is 11.6. The summed E-state index contributed by atoms with van der Waals surface area (Å²) in [5.41, 5.74) is 2.15. The Labute approximate surface area is 150 Å². The number of aromatic nitrogens is 4. The topological polar surface area (TPSA) is 69.9 Å². The molecule has 0 atom stereocenters. The van der Waals surface area contributed by atoms with E-state index in [1.54, 1.807) is 24.3 Å². The van der Waals surface area contributed by atoms with Crippen LogP contribution in [0, 0.1) is 0 Å². The third-order valence-corrected chi connectivity index (χ3v) is 3.98. The summed E-state index contributed by atoms with van der Waals surface area (Å²) in [6.45, 7) is 4.31. The fraction of sp³-hybridized carbons (Fsp3) is 0.222. The number of carbonyl (C=O) groups excluding carboxylic acids is 1. The van der Waals surface area contributed by atoms with Crippen LogP contribution in [0.25, 0.3) is 11.4 Å². The lowest BCUT2D eigenvalue weighted by Crippen LogP contribution is -2.08. The number of rotatable bonds is 6. The summed E-state index contributed by atoms with van der Waals surface area (Å²) in [5, 5.41) is 13.1. The first-order chi connectivity index (χ1) is 12.1. The number of tetrazole rings is 1. The third-order valence-electron chi connectivity index (χ3n) is 3.65. The van der Waals surface area contributed by atoms with Gasteiger partial charge in [-0.3, -0.25) is 4.79 Å². The van der Waals surface area contributed by atoms with E-state index >= 15 is 0 Å². The second-order valence-corrected chi connectivity index (χ2v) is 5.84. The monoisotopic (exact) mass is 356 g/mol. The number of hydrogen-bond donors (Lipinski definition) is 0. The van der Waals surface area contributed by atoms with Crippen molar-refractivity contribution in [3.05, 3.63) is 58.6 Å². The molecule has 7 heteroatoms. The number of nitrogens with zero attached hydrogens (tertiary/aromatic N) is 4. The quantitative estimate of drug-likeness (QED) is 0.630. The number of carbonyl (C=O) groups is 1. The van der Waals surface area contributed by atoms with Crippen LogP contribution >= 0.6 is 11.6 Å². The standard InChI is InChI=1S/C18H17ClN4O2/c1-3-25-17-9-8-13(12(2)24)10-14(17)11-23-21-18(20-22-23)15-6-4-5-7-16(15)19/h4-10H,3,11H2,1-2H3. The van der Waals surface area contributed by atoms with Gasteiger partial charge in [0.05, 0.1) is 18.2 Å². The second-order valence-electron chi connectivity index (χ2n) is 5.43. The maximum absolute atomic E-state index is 11.6. The largest absolute Gasteiger partial charge is 0.494 e. The summed E-state index contributed by atoms with van der Waals surface area (Å²) in [6, 6.07) is 12.7. The molecule has 6 nitrogen and oxygen atoms in total. The van der Waals surface area contributed by atoms with E-state index in [0.717, 1.165) is 11.1 Å². The molecule has 0 aliphatic carbocycles. The Morgan fingerprint density at radius 1 is 1.24 bits per heavy atom. The van der Waals surface area contributed by atoms with E-state index in [0.29, 0.717) is 35.3 Å². The number of benzene rings is 2. The molecule has 128 valence electrons. The van der Waals surface area contributed by atoms with Gasteiger partial charge in [0.15, 0.2) is 5.78 Å². The first kappa shape index (κ1) is 17.1. The van der Waals surface area contributed by atoms with E-state index in [1.807, 2.05) is 25.1 Å². The lowest BCUT2D eigenvalue weighted by Gasteiger charge is -2.10. The Kier molecular flexibility index (Phi) is 5.09. The summed E-state index contributed by atoms with van der Waals surface area (Å²) >= 11 is 6.18. The summed E-state index contributed by atoms with van der Waals surface area (Å²) < 4.78 is 5.63. The Morgan fingerprint density at radius 2 is 2.04 bits per heavy atom. The number of ether oxygens (including phenoxy) is 1. The fourth-order valence-corrected chi connectivity index (χ4v) is 2.65. The molecule has 25 heavy (non-hydrogen) atoms. The van der Waals surface area contributed by atoms with Crippen molar-refractivity contribution in [1.29, 1.82) is 0 Å². The van der Waals surface area contributed by atoms with Crippen LogP contribution in [-0.2, 0) is 6.54 Å². The summed E-state index contributed by atoms with van der Waals surface area (Å²) in [6.07, 6.45) is 0. The molecule has 0 spiro atoms. The number of Topliss-reactive ketones (excluding diaryl/α,β-unsaturated/α-hetero) is 1. The highest BCUT2D eigenvalue weighted by atomic mass is 35.5. The normalized spacial score (nSPS) is 10.7. The molecule has 0 bridgehead atoms. The van der Waals surface area contributed by atoms with Crippen LogP contribution in [0.2, 0.25) is 5.02 Å². The van der Waals surface area contributed by atoms with Gasteiger partial charge in [0.25, 0.3) is 0 Å². The molecular weight excluding hydrogens is 340 g/mol. The van der Waals surface area contributed by atoms with E-state index in [1.165, 1.54) is 11.7 Å². The third kappa shape index (κ3) is 3.85. The molecule has 1 aromatic heterocycles. The first-order valence-corrected chi connectivity index (χ1v) is 8.25. The highest BCUT2D eigenvalue weighted by molar-refractivity contribution is 6.33. The average molecular weight is 357 g/mol. The smallest absolute Gasteiger partial charge is 0.206 e. The highest BCUT2D eigenvalue weighted by Gasteiger charge is 2.13. The summed E-state index contributed by atoms with van der Waals surface area (Å²) in [7, 11) is 0. The minimum Gasteiger partial charge on any atom is -0.494 e. The van der Waals surface area contributed by atoms with Gasteiger partial charge in [-0.25, -0.2) is 0 Å². The van der Waals surface area contributed by atoms with Crippen LogP contribution in [0.3, 0.4) is 0 Å². The number of ketones is 1. The van der Waals surface area contributed by atoms with Crippen molar-refractivity contribution in [1.82, 2.24) is 20.2 Å². The van der Waals surface area contributed by atoms with Crippen LogP contribution in [0.15, 0.2) is 42.5 Å². The Morgan fingerprint density at radius 3 is 2.76 bits per heavy atom. The van der Waals surface area contributed by atoms with Crippen molar-refractivity contribution in [3.63, 3.8) is 0 Å². The van der Waals surface area contributed by atoms with Crippen LogP contribution in [-0.4, -0.2) is 32.6 Å². The van der Waals surface area contributed by atoms with E-state index in [-0.39, 0.29) is 5.78 Å². The predicted octanol–water partition coefficient (Wildman–Crippen LogP) is 3.64. The molecule has 0 radical (unpaired) electrons. The van der Waals surface area contributed by atoms with Crippen LogP contribution in [0.4, 0.5) is 0 Å². The zero-order valence-corrected chi connectivity index (χ0v) is 14.7. The van der Waals surface area contributed by atoms with Gasteiger partial charge in [0, 0.05) is 16.7 Å². The first-order valence-electron chi connectivity index (χ1n) is 7.88. The molecule has 3 aromatic rings. The lowest BCUT2D eigenvalue weighted by atomic mass is 10.1. The molecular formula is C18H17ClN4O2. The summed E-state index contributed by atoms with van der Waals surface area (Å²) in [4.78, 5) is 13.1. The Balaban J connectivity index is 1.91. The van der Waals surface area contributed by atoms with E-state index in [2.05, 4.69) is 15.4 Å². The molecule has 2 aromatic carbocycles. The van der Waals surface area contributed by atoms with Crippen molar-refractivity contribution in [2.24, 2.45) is 0 Å². The van der Waals surface area contributed by atoms with Gasteiger partial charge < -0.3 is 4.74 Å². The number of hydrogen-bond acceptors (Lipinski definition) is 5. The lowest BCUT2D eigenvalue weighted by molar-refractivity contribution is 0.101. The second kappa shape index (κ2) is 7.44. The SMILES string of the molecule is CCOc1ccc(C(C)=O)cc1Cn1nnc(-c2ccccc2Cl)n1. The van der Waals surface area contributed by atoms with Gasteiger partial charge in [0.1, 0.15) is 5.75 Å². The van der Waals surface area contributed by atoms with Gasteiger partial charge >= 0.3 is 0 Å². The number of halogens is 1. The van der Waals surface area contributed by atoms with Crippen molar-refractivity contribution in [2.45, 2.75) is 20.4 Å². The molecule has 0 unspecified atom stereocenters. The van der Waals surface area contributed by atoms with E-state index in [9.17, 15) is 4.79 Å². The molecule has 0 amide bonds. The molecule has 3 rings (SSSR count). The van der Waals surface area contributed by atoms with Gasteiger partial charge in [-0.15, -0.1) is 10.2 Å². The molecule has 0 saturated heterocycles. The fourth-order valence-electron chi connectivity index (χ4n) is 2.43. The molecule has 0 aliphatic rings. The summed E-state index contributed by atoms with van der Waals surface area (Å²) in [5.74, 6) is 1.14. The van der Waals surface area contributed by atoms with E-state index < -0.39 is 0 Å². The Hall–Kier alpha value is -2.73. The Bertz CT molecular complexity index is 908. The van der Waals surface area contributed by atoms with Crippen molar-refractivity contribution in [2.75, 3.05) is 6.61 Å². The highest BCUT2D eigenvalue weighted by Crippen LogP contribution is 2.25. The average Bonchev–Trinajstić information content (AvgIpc) is 3.05. The predicted molar refractivity (Wildman–Crippen MR) is 95.0 cm³/mol. The van der Waals surface area contributed by atoms with Crippen molar-refractivity contribution < 1.29 is 9.53 Å². The van der Waals surface area contributed by atoms with Crippen LogP contribution in [0.5, 0.6) is 5.75 Å². The van der Waals surface area contributed by atoms with Gasteiger partial charge in [-0.2, -0.15) is 4.80 Å². The van der Waals surface area contributed by atoms with Crippen LogP contribution < -0.4 is 4.74 Å². The van der Waals surface area contributed by atoms with Crippen molar-refractivity contribution in [3.8, 4) is 17.1 Å². The van der Waals surface area contributed by atoms with E-state index in [4.69, 9.17) is 16.3 Å². The minimum atomic E-state index is -0.00685. The molecule has 0 aliphatic heterocycles. The van der Waals surface area contributed by atoms with Gasteiger partial charge in [0.2, 0.25) is 5.82 Å². The van der Waals surface area contributed by atoms with Crippen molar-refractivity contribution >= 4 is 17.4 Å². The minimum absolute atomic E-state index is 0.00685. The zero-order chi connectivity index (χ0) is 17.8. The maximum Gasteiger partial charge on any atom is 0.206 e. The molecule has 0 N–H and O–H groups in total. The molecule has 0 fully saturated rings. The van der Waals surface area contributed by atoms with Gasteiger partial charge in [-0.05, 0) is 49.4 Å². The molecule has 1 heterocycles.